The van der Waals surface area contributed by atoms with Gasteiger partial charge in [0.15, 0.2) is 0 Å². The van der Waals surface area contributed by atoms with Crippen molar-refractivity contribution >= 4 is 23.6 Å². The highest BCUT2D eigenvalue weighted by Crippen LogP contribution is 2.34. The van der Waals surface area contributed by atoms with E-state index in [1.807, 2.05) is 18.2 Å². The van der Waals surface area contributed by atoms with E-state index in [0.29, 0.717) is 12.4 Å². The molecular weight excluding hydrogens is 420 g/mol. The number of thioether (sulfide) groups is 1. The lowest BCUT2D eigenvalue weighted by molar-refractivity contribution is -0.759. The minimum absolute atomic E-state index is 0.0210. The average Bonchev–Trinajstić information content (AvgIpc) is 3.20. The number of hydrogen-bond donors (Lipinski definition) is 0. The van der Waals surface area contributed by atoms with E-state index in [-0.39, 0.29) is 35.7 Å². The van der Waals surface area contributed by atoms with Gasteiger partial charge in [-0.05, 0) is 55.9 Å². The van der Waals surface area contributed by atoms with Gasteiger partial charge in [0.25, 0.3) is 5.09 Å². The average molecular weight is 451 g/mol. The van der Waals surface area contributed by atoms with Crippen molar-refractivity contribution in [1.82, 2.24) is 4.90 Å². The lowest BCUT2D eigenvalue weighted by Crippen LogP contribution is -2.45. The molecule has 1 aromatic rings. The summed E-state index contributed by atoms with van der Waals surface area (Å²) in [5.41, 5.74) is 1.22. The zero-order chi connectivity index (χ0) is 22.2. The van der Waals surface area contributed by atoms with Gasteiger partial charge in [-0.15, -0.1) is 21.9 Å². The largest absolute Gasteiger partial charge is 0.464 e. The molecule has 3 rings (SSSR count). The van der Waals surface area contributed by atoms with Crippen molar-refractivity contribution in [3.05, 3.63) is 46.0 Å². The Balaban J connectivity index is 1.44. The van der Waals surface area contributed by atoms with Crippen molar-refractivity contribution in [2.45, 2.75) is 56.9 Å². The molecular formula is C22H30N2O6S. The number of rotatable bonds is 9. The van der Waals surface area contributed by atoms with Crippen molar-refractivity contribution in [2.24, 2.45) is 11.8 Å². The van der Waals surface area contributed by atoms with E-state index in [1.54, 1.807) is 16.7 Å². The molecule has 1 aliphatic heterocycles. The molecule has 31 heavy (non-hydrogen) atoms. The molecule has 1 saturated heterocycles. The number of aryl methyl sites for hydroxylation is 1. The molecule has 1 heterocycles. The molecule has 1 aliphatic carbocycles. The normalized spacial score (nSPS) is 25.8. The maximum atomic E-state index is 12.7. The molecule has 0 radical (unpaired) electrons. The van der Waals surface area contributed by atoms with Crippen LogP contribution in [0.1, 0.15) is 44.6 Å². The van der Waals surface area contributed by atoms with Crippen molar-refractivity contribution in [3.8, 4) is 0 Å². The minimum Gasteiger partial charge on any atom is -0.464 e. The summed E-state index contributed by atoms with van der Waals surface area (Å²) in [5.74, 6) is 0.565. The van der Waals surface area contributed by atoms with Crippen LogP contribution in [0.2, 0.25) is 0 Å². The predicted molar refractivity (Wildman–Crippen MR) is 117 cm³/mol. The van der Waals surface area contributed by atoms with E-state index in [9.17, 15) is 19.7 Å². The zero-order valence-electron chi connectivity index (χ0n) is 17.8. The Morgan fingerprint density at radius 1 is 1.13 bits per heavy atom. The minimum atomic E-state index is -0.749. The smallest absolute Gasteiger partial charge is 0.329 e. The number of benzene rings is 1. The standard InChI is InChI=1S/C22H30N2O6S/c1-16(25)23-20(15-31-21(23)12-11-17-5-3-2-4-6-17)22(26)29-13-18-7-9-19(10-8-18)14-30-24(27)28/h2-6,18-21H,7-15H2,1H3. The van der Waals surface area contributed by atoms with Gasteiger partial charge in [-0.25, -0.2) is 4.79 Å². The molecule has 0 aromatic heterocycles. The van der Waals surface area contributed by atoms with Crippen LogP contribution < -0.4 is 0 Å². The fourth-order valence-corrected chi connectivity index (χ4v) is 5.79. The Kier molecular flexibility index (Phi) is 8.57. The van der Waals surface area contributed by atoms with Crippen LogP contribution in [0.5, 0.6) is 0 Å². The van der Waals surface area contributed by atoms with E-state index in [2.05, 4.69) is 17.0 Å². The van der Waals surface area contributed by atoms with Gasteiger partial charge in [-0.2, -0.15) is 0 Å². The maximum absolute atomic E-state index is 12.7. The number of carbonyl (C=O) groups is 2. The summed E-state index contributed by atoms with van der Waals surface area (Å²) in [7, 11) is 0. The van der Waals surface area contributed by atoms with Crippen LogP contribution in [0, 0.1) is 22.0 Å². The second-order valence-corrected chi connectivity index (χ2v) is 9.50. The highest BCUT2D eigenvalue weighted by molar-refractivity contribution is 8.00. The molecule has 0 bridgehead atoms. The van der Waals surface area contributed by atoms with Crippen molar-refractivity contribution in [1.29, 1.82) is 0 Å². The van der Waals surface area contributed by atoms with Crippen molar-refractivity contribution in [3.63, 3.8) is 0 Å². The van der Waals surface area contributed by atoms with E-state index in [4.69, 9.17) is 4.74 Å². The van der Waals surface area contributed by atoms with Gasteiger partial charge in [0.05, 0.1) is 18.6 Å². The van der Waals surface area contributed by atoms with Crippen LogP contribution in [0.4, 0.5) is 0 Å². The SMILES string of the molecule is CC(=O)N1C(CCc2ccccc2)SCC1C(=O)OCC1CCC(CO[N+](=O)[O-])CC1. The number of carbonyl (C=O) groups excluding carboxylic acids is 2. The molecule has 2 aliphatic rings. The van der Waals surface area contributed by atoms with Crippen LogP contribution in [0.15, 0.2) is 30.3 Å². The molecule has 2 atom stereocenters. The van der Waals surface area contributed by atoms with Crippen LogP contribution in [-0.4, -0.2) is 52.2 Å². The zero-order valence-corrected chi connectivity index (χ0v) is 18.6. The number of esters is 1. The third-order valence-electron chi connectivity index (χ3n) is 6.09. The lowest BCUT2D eigenvalue weighted by atomic mass is 9.83. The third-order valence-corrected chi connectivity index (χ3v) is 7.45. The highest BCUT2D eigenvalue weighted by atomic mass is 32.2. The molecule has 2 fully saturated rings. The third kappa shape index (κ3) is 6.85. The van der Waals surface area contributed by atoms with E-state index in [0.717, 1.165) is 38.5 Å². The molecule has 1 aromatic carbocycles. The number of amides is 1. The molecule has 8 nitrogen and oxygen atoms in total. The summed E-state index contributed by atoms with van der Waals surface area (Å²) in [4.78, 5) is 41.5. The number of nitrogens with zero attached hydrogens (tertiary/aromatic N) is 2. The first-order valence-electron chi connectivity index (χ1n) is 10.8. The molecule has 2 unspecified atom stereocenters. The second-order valence-electron chi connectivity index (χ2n) is 8.29. The van der Waals surface area contributed by atoms with Crippen LogP contribution in [-0.2, 0) is 25.6 Å². The van der Waals surface area contributed by atoms with Crippen LogP contribution >= 0.6 is 11.8 Å². The Bertz CT molecular complexity index is 754. The fraction of sp³-hybridized carbons (Fsp3) is 0.636. The van der Waals surface area contributed by atoms with Crippen molar-refractivity contribution < 1.29 is 24.3 Å². The molecule has 9 heteroatoms. The Labute approximate surface area is 186 Å². The predicted octanol–water partition coefficient (Wildman–Crippen LogP) is 3.47. The topological polar surface area (TPSA) is 99.0 Å². The summed E-state index contributed by atoms with van der Waals surface area (Å²) in [6.45, 7) is 1.98. The fourth-order valence-electron chi connectivity index (χ4n) is 4.35. The molecule has 1 saturated carbocycles. The van der Waals surface area contributed by atoms with Gasteiger partial charge in [-0.1, -0.05) is 30.3 Å². The highest BCUT2D eigenvalue weighted by Gasteiger charge is 2.41. The second kappa shape index (κ2) is 11.4. The monoisotopic (exact) mass is 450 g/mol. The molecule has 0 spiro atoms. The Morgan fingerprint density at radius 3 is 2.39 bits per heavy atom. The number of ether oxygens (including phenoxy) is 1. The summed E-state index contributed by atoms with van der Waals surface area (Å²) in [6, 6.07) is 9.59. The van der Waals surface area contributed by atoms with Crippen LogP contribution in [0.3, 0.4) is 0 Å². The van der Waals surface area contributed by atoms with Gasteiger partial charge in [0.1, 0.15) is 6.04 Å². The first-order chi connectivity index (χ1) is 14.9. The van der Waals surface area contributed by atoms with Gasteiger partial charge in [-0.3, -0.25) is 4.79 Å². The lowest BCUT2D eigenvalue weighted by Gasteiger charge is -2.29. The Hall–Kier alpha value is -2.29. The first-order valence-corrected chi connectivity index (χ1v) is 11.9. The number of hydrogen-bond acceptors (Lipinski definition) is 7. The first kappa shape index (κ1) is 23.4. The van der Waals surface area contributed by atoms with Gasteiger partial charge in [0, 0.05) is 12.7 Å². The molecule has 1 amide bonds. The molecule has 170 valence electrons. The quantitative estimate of drug-likeness (QED) is 0.323. The van der Waals surface area contributed by atoms with Crippen LogP contribution in [0.25, 0.3) is 0 Å². The van der Waals surface area contributed by atoms with Gasteiger partial charge in [0.2, 0.25) is 5.91 Å². The van der Waals surface area contributed by atoms with E-state index >= 15 is 0 Å². The van der Waals surface area contributed by atoms with E-state index in [1.165, 1.54) is 12.5 Å². The summed E-state index contributed by atoms with van der Waals surface area (Å²) >= 11 is 1.64. The molecule has 0 N–H and O–H groups in total. The van der Waals surface area contributed by atoms with E-state index < -0.39 is 11.1 Å². The summed E-state index contributed by atoms with van der Waals surface area (Å²) in [6.07, 6.45) is 5.03. The Morgan fingerprint density at radius 2 is 1.77 bits per heavy atom. The maximum Gasteiger partial charge on any atom is 0.329 e. The van der Waals surface area contributed by atoms with Gasteiger partial charge >= 0.3 is 5.97 Å². The van der Waals surface area contributed by atoms with Gasteiger partial charge < -0.3 is 14.5 Å². The summed E-state index contributed by atoms with van der Waals surface area (Å²) in [5, 5.41) is 9.55. The summed E-state index contributed by atoms with van der Waals surface area (Å²) < 4.78 is 5.60. The van der Waals surface area contributed by atoms with Crippen molar-refractivity contribution in [2.75, 3.05) is 19.0 Å².